The van der Waals surface area contributed by atoms with Crippen molar-refractivity contribution in [2.24, 2.45) is 5.92 Å². The normalized spacial score (nSPS) is 30.1. The highest BCUT2D eigenvalue weighted by molar-refractivity contribution is 5.03. The number of nitrogens with one attached hydrogen (secondary N) is 1. The molecule has 2 heterocycles. The van der Waals surface area contributed by atoms with Crippen LogP contribution in [0.3, 0.4) is 0 Å². The quantitative estimate of drug-likeness (QED) is 0.672. The van der Waals surface area contributed by atoms with Crippen LogP contribution in [-0.2, 0) is 0 Å². The minimum Gasteiger partial charge on any atom is -0.316 e. The van der Waals surface area contributed by atoms with E-state index in [1.165, 1.54) is 52.0 Å². The minimum atomic E-state index is 0.899. The molecule has 2 heteroatoms. The highest BCUT2D eigenvalue weighted by Gasteiger charge is 2.17. The molecule has 0 aromatic rings. The summed E-state index contributed by atoms with van der Waals surface area (Å²) >= 11 is 0. The van der Waals surface area contributed by atoms with Crippen molar-refractivity contribution in [3.63, 3.8) is 0 Å². The van der Waals surface area contributed by atoms with Crippen molar-refractivity contribution in [3.8, 4) is 0 Å². The summed E-state index contributed by atoms with van der Waals surface area (Å²) in [6, 6.07) is 0. The topological polar surface area (TPSA) is 15.3 Å². The molecule has 0 amide bonds. The largest absolute Gasteiger partial charge is 0.316 e. The number of hydrogen-bond acceptors (Lipinski definition) is 2. The van der Waals surface area contributed by atoms with Crippen molar-refractivity contribution >= 4 is 0 Å². The van der Waals surface area contributed by atoms with E-state index in [0.717, 1.165) is 5.92 Å². The molecular formula is C12H22N2. The Kier molecular flexibility index (Phi) is 3.60. The first-order valence-electron chi connectivity index (χ1n) is 5.93. The second kappa shape index (κ2) is 4.94. The molecule has 1 fully saturated rings. The Labute approximate surface area is 87.4 Å². The zero-order chi connectivity index (χ0) is 9.80. The Morgan fingerprint density at radius 2 is 2.50 bits per heavy atom. The van der Waals surface area contributed by atoms with Gasteiger partial charge in [0.1, 0.15) is 0 Å². The predicted octanol–water partition coefficient (Wildman–Crippen LogP) is 1.64. The van der Waals surface area contributed by atoms with Gasteiger partial charge in [0, 0.05) is 19.6 Å². The first kappa shape index (κ1) is 10.2. The molecule has 1 N–H and O–H groups in total. The second-order valence-corrected chi connectivity index (χ2v) is 4.77. The lowest BCUT2D eigenvalue weighted by atomic mass is 9.98. The highest BCUT2D eigenvalue weighted by Crippen LogP contribution is 2.15. The second-order valence-electron chi connectivity index (χ2n) is 4.77. The van der Waals surface area contributed by atoms with Crippen LogP contribution in [-0.4, -0.2) is 37.6 Å². The van der Waals surface area contributed by atoms with Gasteiger partial charge < -0.3 is 5.32 Å². The number of nitrogens with zero attached hydrogens (tertiary/aromatic N) is 1. The monoisotopic (exact) mass is 194 g/mol. The summed E-state index contributed by atoms with van der Waals surface area (Å²) in [7, 11) is 0. The predicted molar refractivity (Wildman–Crippen MR) is 60.4 cm³/mol. The van der Waals surface area contributed by atoms with Crippen LogP contribution in [0.15, 0.2) is 11.6 Å². The summed E-state index contributed by atoms with van der Waals surface area (Å²) in [5.74, 6) is 0.899. The molecule has 0 saturated carbocycles. The maximum atomic E-state index is 3.49. The lowest BCUT2D eigenvalue weighted by molar-refractivity contribution is 0.220. The van der Waals surface area contributed by atoms with E-state index in [9.17, 15) is 0 Å². The zero-order valence-corrected chi connectivity index (χ0v) is 9.26. The van der Waals surface area contributed by atoms with E-state index in [4.69, 9.17) is 0 Å². The third-order valence-corrected chi connectivity index (χ3v) is 3.44. The molecule has 2 aliphatic heterocycles. The molecule has 14 heavy (non-hydrogen) atoms. The summed E-state index contributed by atoms with van der Waals surface area (Å²) in [5, 5.41) is 3.49. The van der Waals surface area contributed by atoms with Crippen molar-refractivity contribution in [2.75, 3.05) is 32.7 Å². The fourth-order valence-corrected chi connectivity index (χ4v) is 2.42. The van der Waals surface area contributed by atoms with Gasteiger partial charge >= 0.3 is 0 Å². The summed E-state index contributed by atoms with van der Waals surface area (Å²) in [6.45, 7) is 8.48. The Hall–Kier alpha value is -0.340. The minimum absolute atomic E-state index is 0.899. The first-order valence-corrected chi connectivity index (χ1v) is 5.93. The van der Waals surface area contributed by atoms with E-state index in [2.05, 4.69) is 23.2 Å². The van der Waals surface area contributed by atoms with E-state index in [-0.39, 0.29) is 0 Å². The van der Waals surface area contributed by atoms with Crippen LogP contribution in [0, 0.1) is 5.92 Å². The third-order valence-electron chi connectivity index (χ3n) is 3.44. The van der Waals surface area contributed by atoms with E-state index in [1.54, 1.807) is 5.57 Å². The van der Waals surface area contributed by atoms with Crippen molar-refractivity contribution in [1.29, 1.82) is 0 Å². The van der Waals surface area contributed by atoms with E-state index in [1.807, 2.05) is 0 Å². The molecule has 2 aliphatic rings. The molecule has 0 aromatic heterocycles. The summed E-state index contributed by atoms with van der Waals surface area (Å²) in [4.78, 5) is 2.60. The van der Waals surface area contributed by atoms with Crippen LogP contribution >= 0.6 is 0 Å². The third kappa shape index (κ3) is 2.82. The van der Waals surface area contributed by atoms with E-state index >= 15 is 0 Å². The van der Waals surface area contributed by atoms with Crippen LogP contribution in [0.5, 0.6) is 0 Å². The van der Waals surface area contributed by atoms with Crippen LogP contribution in [0.25, 0.3) is 0 Å². The fraction of sp³-hybridized carbons (Fsp3) is 0.833. The van der Waals surface area contributed by atoms with Crippen LogP contribution in [0.4, 0.5) is 0 Å². The van der Waals surface area contributed by atoms with Gasteiger partial charge in [-0.3, -0.25) is 4.90 Å². The SMILES string of the molecule is CC1=CCN(C[C@@H]2CCCNC2)CC1. The van der Waals surface area contributed by atoms with Crippen LogP contribution < -0.4 is 5.32 Å². The van der Waals surface area contributed by atoms with Gasteiger partial charge in [-0.1, -0.05) is 11.6 Å². The van der Waals surface area contributed by atoms with E-state index < -0.39 is 0 Å². The van der Waals surface area contributed by atoms with Crippen molar-refractivity contribution in [2.45, 2.75) is 26.2 Å². The van der Waals surface area contributed by atoms with Crippen LogP contribution in [0.1, 0.15) is 26.2 Å². The smallest absolute Gasteiger partial charge is 0.0165 e. The Morgan fingerprint density at radius 3 is 3.14 bits per heavy atom. The summed E-state index contributed by atoms with van der Waals surface area (Å²) in [6.07, 6.45) is 6.46. The van der Waals surface area contributed by atoms with Crippen LogP contribution in [0.2, 0.25) is 0 Å². The molecular weight excluding hydrogens is 172 g/mol. The van der Waals surface area contributed by atoms with Gasteiger partial charge in [-0.25, -0.2) is 0 Å². The standard InChI is InChI=1S/C12H22N2/c1-11-4-7-14(8-5-11)10-12-3-2-6-13-9-12/h4,12-13H,2-3,5-10H2,1H3/t12-/m1/s1. The number of rotatable bonds is 2. The molecule has 2 rings (SSSR count). The zero-order valence-electron chi connectivity index (χ0n) is 9.26. The lowest BCUT2D eigenvalue weighted by Gasteiger charge is -2.31. The maximum absolute atomic E-state index is 3.49. The summed E-state index contributed by atoms with van der Waals surface area (Å²) in [5.41, 5.74) is 1.57. The summed E-state index contributed by atoms with van der Waals surface area (Å²) < 4.78 is 0. The Bertz CT molecular complexity index is 204. The molecule has 2 nitrogen and oxygen atoms in total. The molecule has 1 saturated heterocycles. The molecule has 0 unspecified atom stereocenters. The van der Waals surface area contributed by atoms with Gasteiger partial charge in [-0.2, -0.15) is 0 Å². The molecule has 80 valence electrons. The maximum Gasteiger partial charge on any atom is 0.0165 e. The molecule has 1 atom stereocenters. The van der Waals surface area contributed by atoms with Gasteiger partial charge in [-0.05, 0) is 45.2 Å². The van der Waals surface area contributed by atoms with Gasteiger partial charge in [0.2, 0.25) is 0 Å². The Balaban J connectivity index is 1.74. The molecule has 0 spiro atoms. The van der Waals surface area contributed by atoms with Gasteiger partial charge in [0.05, 0.1) is 0 Å². The fourth-order valence-electron chi connectivity index (χ4n) is 2.42. The van der Waals surface area contributed by atoms with Gasteiger partial charge in [0.25, 0.3) is 0 Å². The average molecular weight is 194 g/mol. The highest BCUT2D eigenvalue weighted by atomic mass is 15.1. The van der Waals surface area contributed by atoms with Crippen molar-refractivity contribution in [1.82, 2.24) is 10.2 Å². The Morgan fingerprint density at radius 1 is 1.57 bits per heavy atom. The van der Waals surface area contributed by atoms with E-state index in [0.29, 0.717) is 0 Å². The molecule has 0 bridgehead atoms. The van der Waals surface area contributed by atoms with Gasteiger partial charge in [0.15, 0.2) is 0 Å². The number of hydrogen-bond donors (Lipinski definition) is 1. The number of piperidine rings is 1. The average Bonchev–Trinajstić information content (AvgIpc) is 2.23. The molecule has 0 aliphatic carbocycles. The van der Waals surface area contributed by atoms with Gasteiger partial charge in [-0.15, -0.1) is 0 Å². The molecule has 0 aromatic carbocycles. The lowest BCUT2D eigenvalue weighted by Crippen LogP contribution is -2.39. The van der Waals surface area contributed by atoms with Crippen molar-refractivity contribution < 1.29 is 0 Å². The van der Waals surface area contributed by atoms with Crippen molar-refractivity contribution in [3.05, 3.63) is 11.6 Å². The molecule has 0 radical (unpaired) electrons. The first-order chi connectivity index (χ1) is 6.84.